The van der Waals surface area contributed by atoms with Gasteiger partial charge in [-0.3, -0.25) is 4.79 Å². The molecular weight excluding hydrogens is 318 g/mol. The van der Waals surface area contributed by atoms with Gasteiger partial charge in [0, 0.05) is 11.6 Å². The van der Waals surface area contributed by atoms with Crippen LogP contribution in [0.2, 0.25) is 0 Å². The van der Waals surface area contributed by atoms with Crippen molar-refractivity contribution >= 4 is 11.9 Å². The first-order valence-electron chi connectivity index (χ1n) is 9.27. The van der Waals surface area contributed by atoms with Crippen LogP contribution in [-0.2, 0) is 9.53 Å². The molecule has 1 saturated carbocycles. The van der Waals surface area contributed by atoms with E-state index >= 15 is 0 Å². The number of benzene rings is 1. The lowest BCUT2D eigenvalue weighted by molar-refractivity contribution is -0.155. The van der Waals surface area contributed by atoms with Gasteiger partial charge >= 0.3 is 5.97 Å². The predicted molar refractivity (Wildman–Crippen MR) is 96.7 cm³/mol. The second-order valence-electron chi connectivity index (χ2n) is 6.75. The highest BCUT2D eigenvalue weighted by Gasteiger charge is 2.19. The molecule has 0 aliphatic heterocycles. The average Bonchev–Trinajstić information content (AvgIpc) is 2.62. The molecule has 1 N–H and O–H groups in total. The van der Waals surface area contributed by atoms with E-state index in [2.05, 4.69) is 5.32 Å². The zero-order chi connectivity index (χ0) is 18.2. The van der Waals surface area contributed by atoms with Crippen molar-refractivity contribution in [2.24, 2.45) is 0 Å². The molecule has 1 amide bonds. The Hall–Kier alpha value is -2.04. The van der Waals surface area contributed by atoms with Crippen molar-refractivity contribution in [3.63, 3.8) is 0 Å². The number of esters is 1. The average molecular weight is 347 g/mol. The molecule has 138 valence electrons. The van der Waals surface area contributed by atoms with Crippen LogP contribution in [0.1, 0.15) is 69.7 Å². The molecule has 0 heterocycles. The molecule has 1 aromatic rings. The number of rotatable bonds is 7. The van der Waals surface area contributed by atoms with Gasteiger partial charge in [0.05, 0.1) is 6.10 Å². The van der Waals surface area contributed by atoms with E-state index in [4.69, 9.17) is 9.47 Å². The first kappa shape index (κ1) is 19.3. The van der Waals surface area contributed by atoms with E-state index in [1.54, 1.807) is 31.2 Å². The van der Waals surface area contributed by atoms with Crippen LogP contribution in [0, 0.1) is 0 Å². The summed E-state index contributed by atoms with van der Waals surface area (Å²) in [5, 5.41) is 3.09. The highest BCUT2D eigenvalue weighted by molar-refractivity contribution is 5.94. The Morgan fingerprint density at radius 2 is 1.76 bits per heavy atom. The topological polar surface area (TPSA) is 64.6 Å². The Bertz CT molecular complexity index is 564. The van der Waals surface area contributed by atoms with Gasteiger partial charge in [0.15, 0.2) is 6.10 Å². The van der Waals surface area contributed by atoms with Crippen LogP contribution in [0.15, 0.2) is 24.3 Å². The van der Waals surface area contributed by atoms with Crippen LogP contribution in [-0.4, -0.2) is 30.1 Å². The highest BCUT2D eigenvalue weighted by atomic mass is 16.6. The quantitative estimate of drug-likeness (QED) is 0.761. The molecule has 25 heavy (non-hydrogen) atoms. The number of hydrogen-bond acceptors (Lipinski definition) is 4. The van der Waals surface area contributed by atoms with Gasteiger partial charge in [-0.2, -0.15) is 0 Å². The van der Waals surface area contributed by atoms with Crippen molar-refractivity contribution < 1.29 is 19.1 Å². The maximum absolute atomic E-state index is 12.3. The monoisotopic (exact) mass is 347 g/mol. The fourth-order valence-electron chi connectivity index (χ4n) is 2.83. The zero-order valence-corrected chi connectivity index (χ0v) is 15.4. The normalized spacial score (nSPS) is 17.4. The zero-order valence-electron chi connectivity index (χ0n) is 15.4. The van der Waals surface area contributed by atoms with E-state index in [0.29, 0.717) is 11.3 Å². The molecule has 2 rings (SSSR count). The molecule has 5 nitrogen and oxygen atoms in total. The van der Waals surface area contributed by atoms with E-state index in [1.165, 1.54) is 19.3 Å². The van der Waals surface area contributed by atoms with Crippen LogP contribution in [0.4, 0.5) is 0 Å². The van der Waals surface area contributed by atoms with Gasteiger partial charge in [-0.15, -0.1) is 0 Å². The minimum atomic E-state index is -0.684. The molecule has 0 saturated heterocycles. The molecule has 0 unspecified atom stereocenters. The lowest BCUT2D eigenvalue weighted by atomic mass is 9.95. The first-order chi connectivity index (χ1) is 12.0. The second-order valence-corrected chi connectivity index (χ2v) is 6.75. The van der Waals surface area contributed by atoms with Crippen molar-refractivity contribution in [1.82, 2.24) is 5.32 Å². The Morgan fingerprint density at radius 1 is 1.12 bits per heavy atom. The number of amides is 1. The smallest absolute Gasteiger partial charge is 0.347 e. The summed E-state index contributed by atoms with van der Waals surface area (Å²) in [6.45, 7) is 5.47. The lowest BCUT2D eigenvalue weighted by Gasteiger charge is -2.22. The fraction of sp³-hybridized carbons (Fsp3) is 0.600. The van der Waals surface area contributed by atoms with Gasteiger partial charge in [0.25, 0.3) is 5.91 Å². The Labute approximate surface area is 150 Å². The summed E-state index contributed by atoms with van der Waals surface area (Å²) in [4.78, 5) is 24.2. The van der Waals surface area contributed by atoms with Gasteiger partial charge in [-0.25, -0.2) is 4.79 Å². The van der Waals surface area contributed by atoms with Crippen molar-refractivity contribution in [3.8, 4) is 5.75 Å². The Morgan fingerprint density at radius 3 is 2.36 bits per heavy atom. The summed E-state index contributed by atoms with van der Waals surface area (Å²) in [7, 11) is 0. The number of carbonyl (C=O) groups excluding carboxylic acids is 2. The van der Waals surface area contributed by atoms with E-state index < -0.39 is 6.10 Å². The molecular formula is C20H29NO4. The molecule has 0 aromatic heterocycles. The van der Waals surface area contributed by atoms with Crippen molar-refractivity contribution in [2.75, 3.05) is 0 Å². The number of nitrogens with one attached hydrogen (secondary N) is 1. The minimum Gasteiger partial charge on any atom is -0.479 e. The number of hydrogen-bond donors (Lipinski definition) is 1. The molecule has 5 heteroatoms. The number of ether oxygens (including phenoxy) is 2. The van der Waals surface area contributed by atoms with E-state index in [9.17, 15) is 9.59 Å². The SMILES string of the molecule is CC[C@H](C)OC(=O)[C@H](C)Oc1ccc(C(=O)NC2CCCCC2)cc1. The van der Waals surface area contributed by atoms with Crippen molar-refractivity contribution in [1.29, 1.82) is 0 Å². The summed E-state index contributed by atoms with van der Waals surface area (Å²) >= 11 is 0. The lowest BCUT2D eigenvalue weighted by Crippen LogP contribution is -2.36. The molecule has 0 radical (unpaired) electrons. The summed E-state index contributed by atoms with van der Waals surface area (Å²) in [6, 6.07) is 7.15. The van der Waals surface area contributed by atoms with Gasteiger partial charge in [0.1, 0.15) is 5.75 Å². The van der Waals surface area contributed by atoms with Crippen LogP contribution < -0.4 is 10.1 Å². The number of carbonyl (C=O) groups is 2. The minimum absolute atomic E-state index is 0.0531. The third kappa shape index (κ3) is 6.07. The molecule has 0 spiro atoms. The van der Waals surface area contributed by atoms with E-state index in [0.717, 1.165) is 19.3 Å². The molecule has 1 aromatic carbocycles. The van der Waals surface area contributed by atoms with Gasteiger partial charge in [-0.1, -0.05) is 26.2 Å². The van der Waals surface area contributed by atoms with Crippen LogP contribution >= 0.6 is 0 Å². The first-order valence-corrected chi connectivity index (χ1v) is 9.27. The molecule has 1 aliphatic rings. The third-order valence-corrected chi connectivity index (χ3v) is 4.59. The van der Waals surface area contributed by atoms with Crippen molar-refractivity contribution in [2.45, 2.75) is 77.5 Å². The molecule has 1 fully saturated rings. The van der Waals surface area contributed by atoms with Gasteiger partial charge in [0.2, 0.25) is 0 Å². The van der Waals surface area contributed by atoms with Gasteiger partial charge < -0.3 is 14.8 Å². The van der Waals surface area contributed by atoms with Crippen molar-refractivity contribution in [3.05, 3.63) is 29.8 Å². The highest BCUT2D eigenvalue weighted by Crippen LogP contribution is 2.19. The Kier molecular flexibility index (Phi) is 7.29. The molecule has 0 bridgehead atoms. The summed E-state index contributed by atoms with van der Waals surface area (Å²) in [5.41, 5.74) is 0.604. The maximum Gasteiger partial charge on any atom is 0.347 e. The van der Waals surface area contributed by atoms with Crippen LogP contribution in [0.5, 0.6) is 5.75 Å². The molecule has 2 atom stereocenters. The second kappa shape index (κ2) is 9.44. The fourth-order valence-corrected chi connectivity index (χ4v) is 2.83. The van der Waals surface area contributed by atoms with Crippen LogP contribution in [0.3, 0.4) is 0 Å². The summed E-state index contributed by atoms with van der Waals surface area (Å²) < 4.78 is 10.9. The Balaban J connectivity index is 1.86. The summed E-state index contributed by atoms with van der Waals surface area (Å²) in [6.07, 6.45) is 5.70. The standard InChI is InChI=1S/C20H29NO4/c1-4-14(2)24-20(23)15(3)25-18-12-10-16(11-13-18)19(22)21-17-8-6-5-7-9-17/h10-15,17H,4-9H2,1-3H3,(H,21,22)/t14-,15-/m0/s1. The van der Waals surface area contributed by atoms with Gasteiger partial charge in [-0.05, 0) is 57.4 Å². The maximum atomic E-state index is 12.3. The molecule has 1 aliphatic carbocycles. The van der Waals surface area contributed by atoms with Crippen LogP contribution in [0.25, 0.3) is 0 Å². The van der Waals surface area contributed by atoms with E-state index in [1.807, 2.05) is 13.8 Å². The summed E-state index contributed by atoms with van der Waals surface area (Å²) in [5.74, 6) is 0.110. The third-order valence-electron chi connectivity index (χ3n) is 4.59. The largest absolute Gasteiger partial charge is 0.479 e. The van der Waals surface area contributed by atoms with E-state index in [-0.39, 0.29) is 24.0 Å². The predicted octanol–water partition coefficient (Wildman–Crippen LogP) is 3.86.